The van der Waals surface area contributed by atoms with Crippen LogP contribution in [0.2, 0.25) is 0 Å². The molecule has 0 unspecified atom stereocenters. The summed E-state index contributed by atoms with van der Waals surface area (Å²) >= 11 is 0. The van der Waals surface area contributed by atoms with Crippen LogP contribution in [0.1, 0.15) is 0 Å². The number of nitrogens with two attached hydrogens (primary N) is 1. The summed E-state index contributed by atoms with van der Waals surface area (Å²) < 4.78 is 0. The van der Waals surface area contributed by atoms with E-state index in [9.17, 15) is 0 Å². The molecular weight excluding hydrogens is 216 g/mol. The van der Waals surface area contributed by atoms with E-state index in [-0.39, 0.29) is 0 Å². The second-order valence-corrected chi connectivity index (χ2v) is 4.42. The van der Waals surface area contributed by atoms with E-state index in [0.29, 0.717) is 5.82 Å². The van der Waals surface area contributed by atoms with Gasteiger partial charge in [-0.1, -0.05) is 0 Å². The first kappa shape index (κ1) is 12.1. The lowest BCUT2D eigenvalue weighted by molar-refractivity contribution is 0.158. The zero-order valence-corrected chi connectivity index (χ0v) is 10.3. The van der Waals surface area contributed by atoms with Crippen molar-refractivity contribution < 1.29 is 0 Å². The summed E-state index contributed by atoms with van der Waals surface area (Å²) in [6, 6.07) is 3.61. The van der Waals surface area contributed by atoms with Crippen molar-refractivity contribution in [2.75, 3.05) is 57.4 Å². The number of rotatable bonds is 4. The molecule has 17 heavy (non-hydrogen) atoms. The maximum Gasteiger partial charge on any atom is 0.148 e. The van der Waals surface area contributed by atoms with Crippen LogP contribution in [0.4, 0.5) is 11.6 Å². The normalized spacial score (nSPS) is 18.2. The largest absolute Gasteiger partial charge is 0.382 e. The van der Waals surface area contributed by atoms with E-state index >= 15 is 0 Å². The molecule has 0 aromatic carbocycles. The zero-order chi connectivity index (χ0) is 12.1. The lowest BCUT2D eigenvalue weighted by Crippen LogP contribution is -2.45. The van der Waals surface area contributed by atoms with Crippen molar-refractivity contribution in [3.63, 3.8) is 0 Å². The van der Waals surface area contributed by atoms with Gasteiger partial charge in [-0.3, -0.25) is 4.90 Å². The van der Waals surface area contributed by atoms with E-state index in [2.05, 4.69) is 32.4 Å². The van der Waals surface area contributed by atoms with Crippen molar-refractivity contribution in [2.24, 2.45) is 0 Å². The van der Waals surface area contributed by atoms with E-state index < -0.39 is 0 Å². The first-order chi connectivity index (χ1) is 8.24. The Morgan fingerprint density at radius 2 is 2.00 bits per heavy atom. The van der Waals surface area contributed by atoms with Crippen LogP contribution in [-0.2, 0) is 0 Å². The maximum absolute atomic E-state index is 5.47. The highest BCUT2D eigenvalue weighted by atomic mass is 15.3. The third kappa shape index (κ3) is 3.83. The van der Waals surface area contributed by atoms with Crippen LogP contribution in [0.25, 0.3) is 0 Å². The highest BCUT2D eigenvalue weighted by Gasteiger charge is 2.12. The lowest BCUT2D eigenvalue weighted by Gasteiger charge is -2.32. The van der Waals surface area contributed by atoms with Crippen LogP contribution in [0.3, 0.4) is 0 Å². The third-order valence-electron chi connectivity index (χ3n) is 3.02. The van der Waals surface area contributed by atoms with Gasteiger partial charge >= 0.3 is 0 Å². The Labute approximate surface area is 102 Å². The molecule has 2 heterocycles. The number of nitrogen functional groups attached to an aromatic ring is 1. The van der Waals surface area contributed by atoms with Gasteiger partial charge in [0.15, 0.2) is 0 Å². The van der Waals surface area contributed by atoms with E-state index in [4.69, 9.17) is 5.73 Å². The number of nitrogens with zero attached hydrogens (tertiary/aromatic N) is 4. The van der Waals surface area contributed by atoms with Gasteiger partial charge in [-0.2, -0.15) is 0 Å². The molecule has 2 rings (SSSR count). The maximum atomic E-state index is 5.47. The van der Waals surface area contributed by atoms with Crippen LogP contribution in [0, 0.1) is 0 Å². The summed E-state index contributed by atoms with van der Waals surface area (Å²) in [7, 11) is 2.17. The summed E-state index contributed by atoms with van der Waals surface area (Å²) in [4.78, 5) is 4.81. The van der Waals surface area contributed by atoms with Crippen LogP contribution in [-0.4, -0.2) is 66.3 Å². The monoisotopic (exact) mass is 236 g/mol. The van der Waals surface area contributed by atoms with Gasteiger partial charge in [0.2, 0.25) is 0 Å². The quantitative estimate of drug-likeness (QED) is 0.749. The van der Waals surface area contributed by atoms with Crippen LogP contribution >= 0.6 is 0 Å². The molecule has 6 nitrogen and oxygen atoms in total. The predicted molar refractivity (Wildman–Crippen MR) is 68.9 cm³/mol. The van der Waals surface area contributed by atoms with Crippen molar-refractivity contribution in [3.8, 4) is 0 Å². The van der Waals surface area contributed by atoms with Gasteiger partial charge < -0.3 is 16.0 Å². The number of aromatic nitrogens is 2. The Bertz CT molecular complexity index is 330. The van der Waals surface area contributed by atoms with Gasteiger partial charge in [0.05, 0.1) is 0 Å². The molecule has 1 aromatic rings. The average molecular weight is 236 g/mol. The van der Waals surface area contributed by atoms with Gasteiger partial charge in [0, 0.05) is 39.3 Å². The Morgan fingerprint density at radius 3 is 2.65 bits per heavy atom. The first-order valence-corrected chi connectivity index (χ1v) is 5.98. The Kier molecular flexibility index (Phi) is 4.11. The molecule has 1 aliphatic rings. The molecule has 3 N–H and O–H groups in total. The topological polar surface area (TPSA) is 70.3 Å². The molecule has 0 radical (unpaired) electrons. The van der Waals surface area contributed by atoms with Crippen molar-refractivity contribution in [3.05, 3.63) is 12.1 Å². The minimum atomic E-state index is 0.453. The second kappa shape index (κ2) is 5.79. The molecular formula is C11H20N6. The Hall–Kier alpha value is -1.40. The summed E-state index contributed by atoms with van der Waals surface area (Å²) in [6.45, 7) is 6.53. The fraction of sp³-hybridized carbons (Fsp3) is 0.636. The molecule has 0 spiro atoms. The number of anilines is 2. The average Bonchev–Trinajstić information content (AvgIpc) is 2.34. The number of piperazine rings is 1. The predicted octanol–water partition coefficient (Wildman–Crippen LogP) is -0.282. The molecule has 0 bridgehead atoms. The number of hydrogen-bond acceptors (Lipinski definition) is 6. The summed E-state index contributed by atoms with van der Waals surface area (Å²) in [5, 5.41) is 11.0. The van der Waals surface area contributed by atoms with E-state index in [1.165, 1.54) is 0 Å². The van der Waals surface area contributed by atoms with E-state index in [0.717, 1.165) is 45.1 Å². The standard InChI is InChI=1S/C11H20N6/c1-16-6-8-17(9-7-16)5-4-13-11-3-2-10(12)14-15-11/h2-3H,4-9H2,1H3,(H2,12,14)(H,13,15). The molecule has 0 atom stereocenters. The van der Waals surface area contributed by atoms with Gasteiger partial charge in [-0.15, -0.1) is 10.2 Å². The zero-order valence-electron chi connectivity index (χ0n) is 10.3. The fourth-order valence-corrected chi connectivity index (χ4v) is 1.85. The minimum absolute atomic E-state index is 0.453. The molecule has 1 aliphatic heterocycles. The van der Waals surface area contributed by atoms with Crippen LogP contribution in [0.5, 0.6) is 0 Å². The molecule has 1 fully saturated rings. The number of likely N-dealkylation sites (N-methyl/N-ethyl adjacent to an activating group) is 1. The SMILES string of the molecule is CN1CCN(CCNc2ccc(N)nn2)CC1. The summed E-state index contributed by atoms with van der Waals surface area (Å²) in [5.74, 6) is 1.24. The minimum Gasteiger partial charge on any atom is -0.382 e. The summed E-state index contributed by atoms with van der Waals surface area (Å²) in [6.07, 6.45) is 0. The van der Waals surface area contributed by atoms with Crippen molar-refractivity contribution in [1.82, 2.24) is 20.0 Å². The fourth-order valence-electron chi connectivity index (χ4n) is 1.85. The third-order valence-corrected chi connectivity index (χ3v) is 3.02. The summed E-state index contributed by atoms with van der Waals surface area (Å²) in [5.41, 5.74) is 5.47. The lowest BCUT2D eigenvalue weighted by atomic mass is 10.3. The highest BCUT2D eigenvalue weighted by molar-refractivity contribution is 5.38. The molecule has 0 aliphatic carbocycles. The molecule has 0 saturated carbocycles. The Balaban J connectivity index is 1.67. The first-order valence-electron chi connectivity index (χ1n) is 5.98. The van der Waals surface area contributed by atoms with Gasteiger partial charge in [-0.25, -0.2) is 0 Å². The molecule has 1 saturated heterocycles. The molecule has 0 amide bonds. The van der Waals surface area contributed by atoms with Crippen molar-refractivity contribution in [1.29, 1.82) is 0 Å². The van der Waals surface area contributed by atoms with Gasteiger partial charge in [0.25, 0.3) is 0 Å². The van der Waals surface area contributed by atoms with Gasteiger partial charge in [0.1, 0.15) is 11.6 Å². The van der Waals surface area contributed by atoms with Crippen molar-refractivity contribution >= 4 is 11.6 Å². The molecule has 1 aromatic heterocycles. The number of nitrogens with one attached hydrogen (secondary N) is 1. The Morgan fingerprint density at radius 1 is 1.24 bits per heavy atom. The molecule has 6 heteroatoms. The molecule has 94 valence electrons. The number of hydrogen-bond donors (Lipinski definition) is 2. The van der Waals surface area contributed by atoms with Gasteiger partial charge in [-0.05, 0) is 19.2 Å². The van der Waals surface area contributed by atoms with E-state index in [1.54, 1.807) is 6.07 Å². The van der Waals surface area contributed by atoms with Crippen LogP contribution < -0.4 is 11.1 Å². The smallest absolute Gasteiger partial charge is 0.148 e. The highest BCUT2D eigenvalue weighted by Crippen LogP contribution is 2.03. The van der Waals surface area contributed by atoms with E-state index in [1.807, 2.05) is 6.07 Å². The van der Waals surface area contributed by atoms with Crippen LogP contribution in [0.15, 0.2) is 12.1 Å². The second-order valence-electron chi connectivity index (χ2n) is 4.42. The van der Waals surface area contributed by atoms with Crippen molar-refractivity contribution in [2.45, 2.75) is 0 Å².